The standard InChI is InChI=1S/C24H25F2N3O/c1-4-21-27-19-11-16(17(25)12-20(19)30-21)23-22-15(9-10-29(23)13-24(2,3)26)14-7-5-6-8-18(14)28-22/h5-8,11-12,23,28H,4,9-10,13H2,1-3H3. The van der Waals surface area contributed by atoms with Crippen molar-refractivity contribution in [1.82, 2.24) is 14.9 Å². The molecule has 1 N–H and O–H groups in total. The van der Waals surface area contributed by atoms with Crippen LogP contribution < -0.4 is 0 Å². The molecule has 4 nitrogen and oxygen atoms in total. The zero-order chi connectivity index (χ0) is 21.0. The third-order valence-electron chi connectivity index (χ3n) is 5.86. The van der Waals surface area contributed by atoms with Crippen LogP contribution in [0.2, 0.25) is 0 Å². The molecule has 1 unspecified atom stereocenters. The van der Waals surface area contributed by atoms with Crippen molar-refractivity contribution in [2.45, 2.75) is 45.3 Å². The van der Waals surface area contributed by atoms with E-state index in [1.54, 1.807) is 19.9 Å². The van der Waals surface area contributed by atoms with Gasteiger partial charge < -0.3 is 9.40 Å². The molecule has 0 saturated heterocycles. The number of benzene rings is 2. The van der Waals surface area contributed by atoms with Gasteiger partial charge in [-0.15, -0.1) is 0 Å². The molecule has 2 aromatic carbocycles. The summed E-state index contributed by atoms with van der Waals surface area (Å²) < 4.78 is 35.7. The van der Waals surface area contributed by atoms with E-state index in [1.165, 1.54) is 11.6 Å². The van der Waals surface area contributed by atoms with E-state index in [0.29, 0.717) is 35.5 Å². The molecule has 0 saturated carbocycles. The van der Waals surface area contributed by atoms with Gasteiger partial charge in [-0.3, -0.25) is 4.90 Å². The number of H-pyrrole nitrogens is 1. The van der Waals surface area contributed by atoms with Crippen molar-refractivity contribution in [2.24, 2.45) is 0 Å². The largest absolute Gasteiger partial charge is 0.441 e. The van der Waals surface area contributed by atoms with Crippen LogP contribution in [0.3, 0.4) is 0 Å². The molecule has 0 fully saturated rings. The van der Waals surface area contributed by atoms with Crippen molar-refractivity contribution in [2.75, 3.05) is 13.1 Å². The summed E-state index contributed by atoms with van der Waals surface area (Å²) in [5.74, 6) is 0.220. The Hall–Kier alpha value is -2.73. The van der Waals surface area contributed by atoms with Gasteiger partial charge in [-0.2, -0.15) is 0 Å². The van der Waals surface area contributed by atoms with Gasteiger partial charge in [0.2, 0.25) is 0 Å². The number of para-hydroxylation sites is 1. The maximum Gasteiger partial charge on any atom is 0.195 e. The van der Waals surface area contributed by atoms with Crippen LogP contribution in [0.25, 0.3) is 22.0 Å². The lowest BCUT2D eigenvalue weighted by Gasteiger charge is -2.38. The number of hydrogen-bond acceptors (Lipinski definition) is 3. The second-order valence-electron chi connectivity index (χ2n) is 8.71. The highest BCUT2D eigenvalue weighted by Gasteiger charge is 2.36. The lowest BCUT2D eigenvalue weighted by Crippen LogP contribution is -2.43. The quantitative estimate of drug-likeness (QED) is 0.470. The summed E-state index contributed by atoms with van der Waals surface area (Å²) in [5.41, 5.74) is 3.30. The number of oxazole rings is 1. The molecule has 5 rings (SSSR count). The number of aryl methyl sites for hydroxylation is 1. The van der Waals surface area contributed by atoms with E-state index in [1.807, 2.05) is 30.0 Å². The summed E-state index contributed by atoms with van der Waals surface area (Å²) in [6.45, 7) is 5.95. The predicted molar refractivity (Wildman–Crippen MR) is 114 cm³/mol. The SMILES string of the molecule is CCc1nc2cc(C3c4[nH]c5ccccc5c4CCN3CC(C)(C)F)c(F)cc2o1. The Morgan fingerprint density at radius 1 is 1.27 bits per heavy atom. The van der Waals surface area contributed by atoms with E-state index < -0.39 is 11.7 Å². The molecule has 4 aromatic rings. The van der Waals surface area contributed by atoms with Crippen LogP contribution in [0, 0.1) is 5.82 Å². The van der Waals surface area contributed by atoms with E-state index in [0.717, 1.165) is 23.0 Å². The predicted octanol–water partition coefficient (Wildman–Crippen LogP) is 5.71. The third kappa shape index (κ3) is 3.19. The number of alkyl halides is 1. The molecular weight excluding hydrogens is 384 g/mol. The molecule has 1 atom stereocenters. The fraction of sp³-hybridized carbons (Fsp3) is 0.375. The molecule has 2 aromatic heterocycles. The Morgan fingerprint density at radius 3 is 2.83 bits per heavy atom. The minimum atomic E-state index is -1.40. The van der Waals surface area contributed by atoms with E-state index in [9.17, 15) is 4.39 Å². The number of halogens is 2. The van der Waals surface area contributed by atoms with Crippen molar-refractivity contribution >= 4 is 22.0 Å². The second kappa shape index (κ2) is 6.91. The van der Waals surface area contributed by atoms with Gasteiger partial charge in [0, 0.05) is 47.7 Å². The fourth-order valence-electron chi connectivity index (χ4n) is 4.67. The molecule has 1 aliphatic heterocycles. The molecule has 156 valence electrons. The summed E-state index contributed by atoms with van der Waals surface area (Å²) in [5, 5.41) is 1.15. The van der Waals surface area contributed by atoms with E-state index in [2.05, 4.69) is 16.0 Å². The molecule has 0 bridgehead atoms. The first kappa shape index (κ1) is 19.2. The summed E-state index contributed by atoms with van der Waals surface area (Å²) in [4.78, 5) is 10.0. The Morgan fingerprint density at radius 2 is 2.07 bits per heavy atom. The van der Waals surface area contributed by atoms with Crippen molar-refractivity contribution < 1.29 is 13.2 Å². The Bertz CT molecular complexity index is 1230. The maximum atomic E-state index is 15.4. The smallest absolute Gasteiger partial charge is 0.195 e. The summed E-state index contributed by atoms with van der Waals surface area (Å²) in [6.07, 6.45) is 1.43. The van der Waals surface area contributed by atoms with Crippen LogP contribution in [0.5, 0.6) is 0 Å². The molecular formula is C24H25F2N3O. The topological polar surface area (TPSA) is 45.1 Å². The molecule has 6 heteroatoms. The number of fused-ring (bicyclic) bond motifs is 4. The molecule has 0 radical (unpaired) electrons. The van der Waals surface area contributed by atoms with E-state index in [-0.39, 0.29) is 12.4 Å². The molecule has 0 aliphatic carbocycles. The van der Waals surface area contributed by atoms with Crippen molar-refractivity contribution in [1.29, 1.82) is 0 Å². The van der Waals surface area contributed by atoms with Gasteiger partial charge in [0.15, 0.2) is 11.5 Å². The highest BCUT2D eigenvalue weighted by molar-refractivity contribution is 5.85. The Kier molecular flexibility index (Phi) is 4.43. The van der Waals surface area contributed by atoms with E-state index in [4.69, 9.17) is 4.42 Å². The van der Waals surface area contributed by atoms with Crippen LogP contribution in [0.1, 0.15) is 49.5 Å². The van der Waals surface area contributed by atoms with Gasteiger partial charge in [0.1, 0.15) is 17.0 Å². The number of rotatable bonds is 4. The van der Waals surface area contributed by atoms with Gasteiger partial charge in [-0.25, -0.2) is 13.8 Å². The van der Waals surface area contributed by atoms with Crippen LogP contribution in [-0.2, 0) is 12.8 Å². The first-order chi connectivity index (χ1) is 14.3. The molecule has 0 amide bonds. The zero-order valence-corrected chi connectivity index (χ0v) is 17.4. The lowest BCUT2D eigenvalue weighted by atomic mass is 9.91. The summed E-state index contributed by atoms with van der Waals surface area (Å²) in [7, 11) is 0. The van der Waals surface area contributed by atoms with Crippen LogP contribution in [0.15, 0.2) is 40.8 Å². The number of aromatic nitrogens is 2. The summed E-state index contributed by atoms with van der Waals surface area (Å²) in [6, 6.07) is 10.9. The lowest BCUT2D eigenvalue weighted by molar-refractivity contribution is 0.0977. The normalized spacial score (nSPS) is 17.7. The third-order valence-corrected chi connectivity index (χ3v) is 5.86. The minimum Gasteiger partial charge on any atom is -0.441 e. The number of nitrogens with one attached hydrogen (secondary N) is 1. The zero-order valence-electron chi connectivity index (χ0n) is 17.4. The van der Waals surface area contributed by atoms with Crippen LogP contribution in [-0.4, -0.2) is 33.6 Å². The second-order valence-corrected chi connectivity index (χ2v) is 8.71. The molecule has 3 heterocycles. The van der Waals surface area contributed by atoms with Gasteiger partial charge in [-0.05, 0) is 38.0 Å². The highest BCUT2D eigenvalue weighted by atomic mass is 19.1. The number of hydrogen-bond donors (Lipinski definition) is 1. The number of nitrogens with zero attached hydrogens (tertiary/aromatic N) is 2. The molecule has 1 aliphatic rings. The Labute approximate surface area is 173 Å². The first-order valence-corrected chi connectivity index (χ1v) is 10.5. The van der Waals surface area contributed by atoms with Crippen LogP contribution >= 0.6 is 0 Å². The average molecular weight is 409 g/mol. The van der Waals surface area contributed by atoms with Crippen molar-refractivity contribution in [3.8, 4) is 0 Å². The minimum absolute atomic E-state index is 0.211. The summed E-state index contributed by atoms with van der Waals surface area (Å²) >= 11 is 0. The fourth-order valence-corrected chi connectivity index (χ4v) is 4.67. The van der Waals surface area contributed by atoms with Crippen molar-refractivity contribution in [3.63, 3.8) is 0 Å². The highest BCUT2D eigenvalue weighted by Crippen LogP contribution is 2.41. The molecule has 30 heavy (non-hydrogen) atoms. The van der Waals surface area contributed by atoms with Gasteiger partial charge in [0.25, 0.3) is 0 Å². The Balaban J connectivity index is 1.71. The average Bonchev–Trinajstić information content (AvgIpc) is 3.26. The maximum absolute atomic E-state index is 15.4. The van der Waals surface area contributed by atoms with Gasteiger partial charge >= 0.3 is 0 Å². The van der Waals surface area contributed by atoms with E-state index >= 15 is 4.39 Å². The van der Waals surface area contributed by atoms with Gasteiger partial charge in [-0.1, -0.05) is 25.1 Å². The number of aromatic amines is 1. The van der Waals surface area contributed by atoms with Crippen molar-refractivity contribution in [3.05, 3.63) is 64.9 Å². The first-order valence-electron chi connectivity index (χ1n) is 10.5. The van der Waals surface area contributed by atoms with Gasteiger partial charge in [0.05, 0.1) is 6.04 Å². The molecule has 0 spiro atoms. The monoisotopic (exact) mass is 409 g/mol. The van der Waals surface area contributed by atoms with Crippen LogP contribution in [0.4, 0.5) is 8.78 Å².